The number of rotatable bonds is 5. The topological polar surface area (TPSA) is 53.9 Å². The fourth-order valence-corrected chi connectivity index (χ4v) is 2.51. The van der Waals surface area contributed by atoms with Gasteiger partial charge < -0.3 is 10.2 Å². The summed E-state index contributed by atoms with van der Waals surface area (Å²) in [6, 6.07) is 7.71. The van der Waals surface area contributed by atoms with Crippen LogP contribution in [0.1, 0.15) is 0 Å². The molecule has 0 saturated heterocycles. The molecule has 0 atom stereocenters. The SMILES string of the molecule is CN(C)CCNc1nc(-c2ccnc(Cl)c2)cc2cnccc12. The van der Waals surface area contributed by atoms with E-state index in [4.69, 9.17) is 16.6 Å². The molecule has 118 valence electrons. The van der Waals surface area contributed by atoms with Crippen LogP contribution in [0.4, 0.5) is 5.82 Å². The predicted molar refractivity (Wildman–Crippen MR) is 94.8 cm³/mol. The van der Waals surface area contributed by atoms with Crippen LogP contribution in [0, 0.1) is 0 Å². The highest BCUT2D eigenvalue weighted by molar-refractivity contribution is 6.29. The van der Waals surface area contributed by atoms with Crippen molar-refractivity contribution in [1.82, 2.24) is 19.9 Å². The van der Waals surface area contributed by atoms with Gasteiger partial charge in [0.25, 0.3) is 0 Å². The molecule has 0 spiro atoms. The van der Waals surface area contributed by atoms with E-state index in [0.29, 0.717) is 5.15 Å². The molecule has 0 fully saturated rings. The number of likely N-dealkylation sites (N-methyl/N-ethyl adjacent to an activating group) is 1. The zero-order valence-corrected chi connectivity index (χ0v) is 13.9. The summed E-state index contributed by atoms with van der Waals surface area (Å²) in [5, 5.41) is 5.97. The maximum Gasteiger partial charge on any atom is 0.134 e. The van der Waals surface area contributed by atoms with Crippen molar-refractivity contribution in [2.24, 2.45) is 0 Å². The van der Waals surface area contributed by atoms with Crippen molar-refractivity contribution < 1.29 is 0 Å². The molecule has 3 aromatic heterocycles. The Morgan fingerprint density at radius 2 is 2.04 bits per heavy atom. The maximum absolute atomic E-state index is 6.00. The number of halogens is 1. The van der Waals surface area contributed by atoms with Gasteiger partial charge in [0.2, 0.25) is 0 Å². The molecule has 23 heavy (non-hydrogen) atoms. The van der Waals surface area contributed by atoms with Crippen molar-refractivity contribution in [3.05, 3.63) is 48.0 Å². The van der Waals surface area contributed by atoms with Gasteiger partial charge in [-0.2, -0.15) is 0 Å². The number of nitrogens with zero attached hydrogens (tertiary/aromatic N) is 4. The van der Waals surface area contributed by atoms with Crippen LogP contribution in [0.15, 0.2) is 42.9 Å². The molecule has 0 aromatic carbocycles. The highest BCUT2D eigenvalue weighted by Gasteiger charge is 2.08. The van der Waals surface area contributed by atoms with Crippen LogP contribution in [0.3, 0.4) is 0 Å². The second-order valence-electron chi connectivity index (χ2n) is 5.55. The highest BCUT2D eigenvalue weighted by atomic mass is 35.5. The fraction of sp³-hybridized carbons (Fsp3) is 0.235. The first kappa shape index (κ1) is 15.6. The summed E-state index contributed by atoms with van der Waals surface area (Å²) in [5.41, 5.74) is 1.79. The Kier molecular flexibility index (Phi) is 4.69. The van der Waals surface area contributed by atoms with Gasteiger partial charge in [0.05, 0.1) is 5.69 Å². The van der Waals surface area contributed by atoms with Crippen LogP contribution >= 0.6 is 11.6 Å². The summed E-state index contributed by atoms with van der Waals surface area (Å²) in [6.45, 7) is 1.75. The summed E-state index contributed by atoms with van der Waals surface area (Å²) < 4.78 is 0. The molecule has 0 aliphatic rings. The lowest BCUT2D eigenvalue weighted by Crippen LogP contribution is -2.21. The molecule has 0 unspecified atom stereocenters. The monoisotopic (exact) mass is 327 g/mol. The standard InChI is InChI=1S/C17H18ClN5/c1-23(2)8-7-21-17-14-4-5-19-11-13(14)9-15(22-17)12-3-6-20-16(18)10-12/h3-6,9-11H,7-8H2,1-2H3,(H,21,22). The first-order chi connectivity index (χ1) is 11.1. The number of aromatic nitrogens is 3. The number of pyridine rings is 3. The Morgan fingerprint density at radius 1 is 1.17 bits per heavy atom. The molecule has 5 nitrogen and oxygen atoms in total. The van der Waals surface area contributed by atoms with Gasteiger partial charge in [-0.1, -0.05) is 11.6 Å². The maximum atomic E-state index is 6.00. The summed E-state index contributed by atoms with van der Waals surface area (Å²) in [4.78, 5) is 15.1. The minimum atomic E-state index is 0.456. The van der Waals surface area contributed by atoms with Gasteiger partial charge in [-0.25, -0.2) is 9.97 Å². The summed E-state index contributed by atoms with van der Waals surface area (Å²) in [6.07, 6.45) is 5.32. The van der Waals surface area contributed by atoms with Gasteiger partial charge >= 0.3 is 0 Å². The van der Waals surface area contributed by atoms with Crippen molar-refractivity contribution in [2.75, 3.05) is 32.5 Å². The lowest BCUT2D eigenvalue weighted by Gasteiger charge is -2.14. The van der Waals surface area contributed by atoms with Gasteiger partial charge in [0.1, 0.15) is 11.0 Å². The van der Waals surface area contributed by atoms with E-state index < -0.39 is 0 Å². The molecule has 0 amide bonds. The number of hydrogen-bond donors (Lipinski definition) is 1. The van der Waals surface area contributed by atoms with Crippen molar-refractivity contribution in [3.8, 4) is 11.3 Å². The molecule has 0 bridgehead atoms. The van der Waals surface area contributed by atoms with Gasteiger partial charge in [-0.3, -0.25) is 4.98 Å². The summed E-state index contributed by atoms with van der Waals surface area (Å²) in [7, 11) is 4.10. The molecule has 0 aliphatic carbocycles. The van der Waals surface area contributed by atoms with Crippen LogP contribution < -0.4 is 5.32 Å². The van der Waals surface area contributed by atoms with E-state index in [1.165, 1.54) is 0 Å². The molecular formula is C17H18ClN5. The Labute approximate surface area is 140 Å². The van der Waals surface area contributed by atoms with E-state index in [2.05, 4.69) is 20.2 Å². The summed E-state index contributed by atoms with van der Waals surface area (Å²) >= 11 is 6.00. The Bertz CT molecular complexity index is 819. The van der Waals surface area contributed by atoms with E-state index in [1.807, 2.05) is 44.6 Å². The lowest BCUT2D eigenvalue weighted by atomic mass is 10.1. The van der Waals surface area contributed by atoms with Crippen LogP contribution in [0.25, 0.3) is 22.0 Å². The van der Waals surface area contributed by atoms with Crippen molar-refractivity contribution >= 4 is 28.2 Å². The van der Waals surface area contributed by atoms with Crippen molar-refractivity contribution in [2.45, 2.75) is 0 Å². The van der Waals surface area contributed by atoms with Crippen LogP contribution in [0.2, 0.25) is 5.15 Å². The van der Waals surface area contributed by atoms with E-state index in [1.54, 1.807) is 12.4 Å². The zero-order chi connectivity index (χ0) is 16.2. The van der Waals surface area contributed by atoms with Crippen LogP contribution in [-0.2, 0) is 0 Å². The normalized spacial score (nSPS) is 11.1. The van der Waals surface area contributed by atoms with E-state index in [0.717, 1.165) is 40.9 Å². The smallest absolute Gasteiger partial charge is 0.134 e. The Hall–Kier alpha value is -2.24. The van der Waals surface area contributed by atoms with E-state index in [9.17, 15) is 0 Å². The average molecular weight is 328 g/mol. The zero-order valence-electron chi connectivity index (χ0n) is 13.1. The molecular weight excluding hydrogens is 310 g/mol. The molecule has 3 rings (SSSR count). The molecule has 0 aliphatic heterocycles. The first-order valence-electron chi connectivity index (χ1n) is 7.39. The molecule has 0 saturated carbocycles. The Morgan fingerprint density at radius 3 is 2.83 bits per heavy atom. The van der Waals surface area contributed by atoms with Crippen LogP contribution in [-0.4, -0.2) is 47.0 Å². The van der Waals surface area contributed by atoms with Gasteiger partial charge in [-0.15, -0.1) is 0 Å². The van der Waals surface area contributed by atoms with Gasteiger partial charge in [0, 0.05) is 48.0 Å². The molecule has 3 aromatic rings. The minimum absolute atomic E-state index is 0.456. The molecule has 0 radical (unpaired) electrons. The average Bonchev–Trinajstić information content (AvgIpc) is 2.54. The molecule has 6 heteroatoms. The lowest BCUT2D eigenvalue weighted by molar-refractivity contribution is 0.425. The van der Waals surface area contributed by atoms with Gasteiger partial charge in [-0.05, 0) is 38.4 Å². The number of anilines is 1. The quantitative estimate of drug-likeness (QED) is 0.729. The second-order valence-corrected chi connectivity index (χ2v) is 5.94. The third-order valence-electron chi connectivity index (χ3n) is 3.51. The third-order valence-corrected chi connectivity index (χ3v) is 3.71. The molecule has 3 heterocycles. The highest BCUT2D eigenvalue weighted by Crippen LogP contribution is 2.27. The van der Waals surface area contributed by atoms with E-state index in [-0.39, 0.29) is 0 Å². The third kappa shape index (κ3) is 3.75. The van der Waals surface area contributed by atoms with Crippen molar-refractivity contribution in [3.63, 3.8) is 0 Å². The molecule has 1 N–H and O–H groups in total. The first-order valence-corrected chi connectivity index (χ1v) is 7.76. The number of hydrogen-bond acceptors (Lipinski definition) is 5. The van der Waals surface area contributed by atoms with E-state index >= 15 is 0 Å². The Balaban J connectivity index is 2.03. The minimum Gasteiger partial charge on any atom is -0.368 e. The summed E-state index contributed by atoms with van der Waals surface area (Å²) in [5.74, 6) is 0.856. The van der Waals surface area contributed by atoms with Gasteiger partial charge in [0.15, 0.2) is 0 Å². The number of nitrogens with one attached hydrogen (secondary N) is 1. The largest absolute Gasteiger partial charge is 0.368 e. The van der Waals surface area contributed by atoms with Crippen molar-refractivity contribution in [1.29, 1.82) is 0 Å². The van der Waals surface area contributed by atoms with Crippen LogP contribution in [0.5, 0.6) is 0 Å². The predicted octanol–water partition coefficient (Wildman–Crippen LogP) is 3.32. The fourth-order valence-electron chi connectivity index (χ4n) is 2.34. The number of fused-ring (bicyclic) bond motifs is 1. The second kappa shape index (κ2) is 6.89.